The maximum atomic E-state index is 14.0. The van der Waals surface area contributed by atoms with E-state index in [4.69, 9.17) is 33.2 Å². The number of amides is 4. The van der Waals surface area contributed by atoms with E-state index in [0.29, 0.717) is 57.5 Å². The van der Waals surface area contributed by atoms with E-state index in [0.717, 1.165) is 18.6 Å². The molecule has 4 atom stereocenters. The molecule has 6 N–H and O–H groups in total. The van der Waals surface area contributed by atoms with Crippen molar-refractivity contribution in [2.45, 2.75) is 194 Å². The molecule has 1 fully saturated rings. The van der Waals surface area contributed by atoms with Crippen molar-refractivity contribution in [1.29, 1.82) is 0 Å². The van der Waals surface area contributed by atoms with Crippen LogP contribution in [-0.2, 0) is 54.2 Å². The van der Waals surface area contributed by atoms with Gasteiger partial charge in [-0.1, -0.05) is 19.9 Å². The van der Waals surface area contributed by atoms with Crippen molar-refractivity contribution in [2.24, 2.45) is 4.99 Å². The van der Waals surface area contributed by atoms with Crippen LogP contribution >= 0.6 is 0 Å². The van der Waals surface area contributed by atoms with Crippen molar-refractivity contribution in [3.05, 3.63) is 41.4 Å². The molecule has 4 amide bonds. The summed E-state index contributed by atoms with van der Waals surface area (Å²) in [5.74, 6) is -3.44. The summed E-state index contributed by atoms with van der Waals surface area (Å²) in [5.41, 5.74) is -1.27. The minimum absolute atomic E-state index is 0.0311. The number of aliphatic hydroxyl groups excluding tert-OH is 1. The lowest BCUT2D eigenvalue weighted by atomic mass is 9.99. The number of nitrogens with zero attached hydrogens (tertiary/aromatic N) is 1. The minimum Gasteiger partial charge on any atom is -0.479 e. The summed E-state index contributed by atoms with van der Waals surface area (Å²) >= 11 is 0. The summed E-state index contributed by atoms with van der Waals surface area (Å²) in [6, 6.07) is 2.59. The molecule has 0 saturated carbocycles. The predicted octanol–water partition coefficient (Wildman–Crippen LogP) is 6.18. The number of hydrogen-bond donors (Lipinski definition) is 6. The number of ether oxygens (including phenoxy) is 7. The molecular formula is C51H84FN5O14. The Kier molecular flexibility index (Phi) is 26.7. The maximum Gasteiger partial charge on any atom is 0.333 e. The third kappa shape index (κ3) is 26.0. The zero-order valence-corrected chi connectivity index (χ0v) is 44.3. The number of rotatable bonds is 34. The van der Waals surface area contributed by atoms with Gasteiger partial charge in [-0.3, -0.25) is 24.2 Å². The summed E-state index contributed by atoms with van der Waals surface area (Å²) in [4.78, 5) is 69.9. The first-order valence-electron chi connectivity index (χ1n) is 24.7. The molecule has 19 nitrogen and oxygen atoms in total. The van der Waals surface area contributed by atoms with E-state index in [2.05, 4.69) is 26.3 Å². The molecule has 1 aromatic carbocycles. The van der Waals surface area contributed by atoms with Gasteiger partial charge in [-0.15, -0.1) is 0 Å². The van der Waals surface area contributed by atoms with Gasteiger partial charge in [0.15, 0.2) is 11.8 Å². The van der Waals surface area contributed by atoms with Crippen LogP contribution in [0, 0.1) is 0 Å². The summed E-state index contributed by atoms with van der Waals surface area (Å²) in [6.45, 7) is 21.4. The molecule has 404 valence electrons. The highest BCUT2D eigenvalue weighted by molar-refractivity contribution is 5.99. The Morgan fingerprint density at radius 2 is 1.58 bits per heavy atom. The normalized spacial score (nSPS) is 17.5. The molecule has 2 rings (SSSR count). The molecule has 1 aromatic rings. The monoisotopic (exact) mass is 1010 g/mol. The Morgan fingerprint density at radius 3 is 2.24 bits per heavy atom. The second-order valence-corrected chi connectivity index (χ2v) is 20.1. The van der Waals surface area contributed by atoms with Crippen molar-refractivity contribution >= 4 is 35.3 Å². The Labute approximate surface area is 420 Å². The zero-order valence-electron chi connectivity index (χ0n) is 44.3. The number of carbonyl (C=O) groups excluding carboxylic acids is 4. The topological polar surface area (TPSA) is 251 Å². The zero-order chi connectivity index (χ0) is 53.4. The van der Waals surface area contributed by atoms with Crippen LogP contribution in [0.4, 0.5) is 4.39 Å². The molecule has 0 spiro atoms. The molecule has 71 heavy (non-hydrogen) atoms. The van der Waals surface area contributed by atoms with Crippen molar-refractivity contribution in [2.75, 3.05) is 46.6 Å². The number of hydrogen-bond acceptors (Lipinski definition) is 14. The van der Waals surface area contributed by atoms with Gasteiger partial charge in [0.1, 0.15) is 25.0 Å². The Balaban J connectivity index is 2.08. The average molecular weight is 1010 g/mol. The molecule has 0 radical (unpaired) electrons. The standard InChI is InChI=1S/C51H84FN5O14/c1-13-17-41(52)66-32-35-19-20-39(70-44-30-36(58)29-40(71-44)47(63)64)37(28-35)45(61)54-31-42(59)53-24-16-15-18-38(46(62)57-48(4,5)21-26-68-51(10,11)56-34(3)14-2)55-43(60)33-69-50(8,9)23-27-67-49(6,7)22-25-65-12/h17,19-20,28,36,38,40,44,58H,13-16,18,21-27,29-33H2,1-12H3,(H,53,59)(H,54,61)(H,55,60)(H,57,62)(H,63,64)/b41-17-,56-34+. The number of carbonyl (C=O) groups is 5. The van der Waals surface area contributed by atoms with Gasteiger partial charge in [0.2, 0.25) is 24.0 Å². The SMILES string of the molecule is CC/C=C(/F)OCc1ccc(OC2CC(O)CC(C(=O)O)O2)c(C(=O)NCC(=O)NCCCCC(NC(=O)COC(C)(C)CCOC(C)(C)CCOC)C(=O)NC(C)(C)CCOC(C)(C)/N=C(\C)CC)c1. The van der Waals surface area contributed by atoms with E-state index in [9.17, 15) is 38.6 Å². The molecular weight excluding hydrogens is 926 g/mol. The summed E-state index contributed by atoms with van der Waals surface area (Å²) in [6.07, 6.45) is 1.45. The number of benzene rings is 1. The minimum atomic E-state index is -1.33. The van der Waals surface area contributed by atoms with E-state index in [1.165, 1.54) is 24.3 Å². The first-order valence-corrected chi connectivity index (χ1v) is 24.7. The van der Waals surface area contributed by atoms with E-state index in [1.807, 2.05) is 69.2 Å². The number of nitrogens with one attached hydrogen (secondary N) is 4. The van der Waals surface area contributed by atoms with E-state index in [1.54, 1.807) is 14.0 Å². The van der Waals surface area contributed by atoms with Gasteiger partial charge < -0.3 is 64.6 Å². The van der Waals surface area contributed by atoms with E-state index in [-0.39, 0.29) is 50.3 Å². The van der Waals surface area contributed by atoms with Gasteiger partial charge >= 0.3 is 5.97 Å². The first kappa shape index (κ1) is 62.4. The highest BCUT2D eigenvalue weighted by atomic mass is 19.1. The second-order valence-electron chi connectivity index (χ2n) is 20.1. The number of carboxylic acids is 1. The predicted molar refractivity (Wildman–Crippen MR) is 265 cm³/mol. The van der Waals surface area contributed by atoms with Gasteiger partial charge in [-0.25, -0.2) is 4.79 Å². The average Bonchev–Trinajstić information content (AvgIpc) is 3.27. The van der Waals surface area contributed by atoms with E-state index < -0.39 is 89.2 Å². The number of allylic oxidation sites excluding steroid dienone is 1. The fraction of sp³-hybridized carbons (Fsp3) is 0.725. The number of aliphatic carboxylic acids is 1. The summed E-state index contributed by atoms with van der Waals surface area (Å²) < 4.78 is 53.8. The number of carboxylic acid groups (broad SMARTS) is 1. The number of aliphatic imine (C=N–C) groups is 1. The van der Waals surface area contributed by atoms with Gasteiger partial charge in [-0.2, -0.15) is 4.39 Å². The Bertz CT molecular complexity index is 1920. The summed E-state index contributed by atoms with van der Waals surface area (Å²) in [5, 5.41) is 30.9. The summed E-state index contributed by atoms with van der Waals surface area (Å²) in [7, 11) is 1.64. The second kappa shape index (κ2) is 30.3. The van der Waals surface area contributed by atoms with Gasteiger partial charge in [0.25, 0.3) is 11.9 Å². The van der Waals surface area contributed by atoms with Crippen LogP contribution in [0.2, 0.25) is 0 Å². The third-order valence-corrected chi connectivity index (χ3v) is 11.4. The number of unbranched alkanes of at least 4 members (excludes halogenated alkanes) is 1. The maximum absolute atomic E-state index is 14.0. The van der Waals surface area contributed by atoms with Crippen LogP contribution in [0.5, 0.6) is 5.75 Å². The van der Waals surface area contributed by atoms with Crippen molar-refractivity contribution in [3.8, 4) is 5.75 Å². The molecule has 1 aliphatic heterocycles. The van der Waals surface area contributed by atoms with Crippen molar-refractivity contribution < 1.29 is 71.7 Å². The van der Waals surface area contributed by atoms with Crippen LogP contribution in [-0.4, -0.2) is 139 Å². The van der Waals surface area contributed by atoms with Crippen LogP contribution in [0.15, 0.2) is 35.3 Å². The number of aliphatic hydroxyl groups is 1. The van der Waals surface area contributed by atoms with Crippen LogP contribution in [0.3, 0.4) is 0 Å². The lowest BCUT2D eigenvalue weighted by molar-refractivity contribution is -0.195. The van der Waals surface area contributed by atoms with Gasteiger partial charge in [0, 0.05) is 44.4 Å². The largest absolute Gasteiger partial charge is 0.479 e. The molecule has 1 aliphatic rings. The van der Waals surface area contributed by atoms with Crippen molar-refractivity contribution in [3.63, 3.8) is 0 Å². The van der Waals surface area contributed by atoms with Gasteiger partial charge in [0.05, 0.1) is 42.6 Å². The van der Waals surface area contributed by atoms with Crippen LogP contribution in [0.25, 0.3) is 0 Å². The lowest BCUT2D eigenvalue weighted by Gasteiger charge is -2.31. The molecule has 1 saturated heterocycles. The third-order valence-electron chi connectivity index (χ3n) is 11.4. The molecule has 1 heterocycles. The molecule has 0 aromatic heterocycles. The van der Waals surface area contributed by atoms with Gasteiger partial charge in [-0.05, 0) is 137 Å². The highest BCUT2D eigenvalue weighted by Crippen LogP contribution is 2.28. The first-order chi connectivity index (χ1) is 33.2. The molecule has 0 aliphatic carbocycles. The van der Waals surface area contributed by atoms with Crippen LogP contribution < -0.4 is 26.0 Å². The van der Waals surface area contributed by atoms with E-state index >= 15 is 0 Å². The highest BCUT2D eigenvalue weighted by Gasteiger charge is 2.35. The number of halogens is 1. The molecule has 4 unspecified atom stereocenters. The fourth-order valence-corrected chi connectivity index (χ4v) is 7.02. The molecule has 20 heteroatoms. The lowest BCUT2D eigenvalue weighted by Crippen LogP contribution is -2.54. The fourth-order valence-electron chi connectivity index (χ4n) is 7.02. The number of methoxy groups -OCH3 is 1. The quantitative estimate of drug-likeness (QED) is 0.0256. The smallest absolute Gasteiger partial charge is 0.333 e. The molecule has 0 bridgehead atoms. The van der Waals surface area contributed by atoms with Crippen LogP contribution in [0.1, 0.15) is 156 Å². The van der Waals surface area contributed by atoms with Crippen molar-refractivity contribution in [1.82, 2.24) is 21.3 Å². The Morgan fingerprint density at radius 1 is 0.901 bits per heavy atom. The Hall–Kier alpha value is -4.73.